The molecule has 0 aliphatic rings. The average molecular weight is 486 g/mol. The summed E-state index contributed by atoms with van der Waals surface area (Å²) in [5.74, 6) is 0.132. The van der Waals surface area contributed by atoms with Crippen LogP contribution in [0.1, 0.15) is 48.8 Å². The number of carboxylic acid groups (broad SMARTS) is 1. The molecule has 2 N–H and O–H groups in total. The van der Waals surface area contributed by atoms with Crippen LogP contribution in [-0.2, 0) is 29.0 Å². The van der Waals surface area contributed by atoms with E-state index in [1.165, 1.54) is 10.9 Å². The van der Waals surface area contributed by atoms with Crippen LogP contribution >= 0.6 is 0 Å². The summed E-state index contributed by atoms with van der Waals surface area (Å²) in [5.41, 5.74) is 6.95. The van der Waals surface area contributed by atoms with Gasteiger partial charge in [0, 0.05) is 25.2 Å². The van der Waals surface area contributed by atoms with Gasteiger partial charge in [-0.15, -0.1) is 0 Å². The number of hydrogen-bond acceptors (Lipinski definition) is 3. The van der Waals surface area contributed by atoms with E-state index >= 15 is 0 Å². The van der Waals surface area contributed by atoms with E-state index in [0.29, 0.717) is 19.6 Å². The van der Waals surface area contributed by atoms with Crippen molar-refractivity contribution >= 4 is 16.9 Å². The average Bonchev–Trinajstić information content (AvgIpc) is 3.35. The molecule has 0 amide bonds. The smallest absolute Gasteiger partial charge is 0.303 e. The summed E-state index contributed by atoms with van der Waals surface area (Å²) < 4.78 is 11.5. The molecule has 0 spiro atoms. The summed E-state index contributed by atoms with van der Waals surface area (Å²) in [5, 5.41) is 10.2. The van der Waals surface area contributed by atoms with E-state index in [4.69, 9.17) is 14.6 Å². The molecule has 4 rings (SSSR count). The Hall–Kier alpha value is -3.57. The fourth-order valence-corrected chi connectivity index (χ4v) is 4.64. The number of fused-ring (bicyclic) bond motifs is 1. The van der Waals surface area contributed by atoms with Gasteiger partial charge < -0.3 is 19.6 Å². The maximum Gasteiger partial charge on any atom is 0.303 e. The lowest BCUT2D eigenvalue weighted by atomic mass is 9.98. The van der Waals surface area contributed by atoms with E-state index in [2.05, 4.69) is 59.6 Å². The normalized spacial score (nSPS) is 11.1. The third kappa shape index (κ3) is 7.22. The number of carbonyl (C=O) groups is 1. The van der Waals surface area contributed by atoms with Crippen LogP contribution in [0, 0.1) is 0 Å². The van der Waals surface area contributed by atoms with Gasteiger partial charge >= 0.3 is 5.97 Å². The standard InChI is InChI=1S/C31H35NO4/c1-35-22-23-18-28(26-11-13-30-27(20-26)15-16-32-30)21-29(19-23)36-17-7-3-2-4-8-24-9-5-6-10-25(24)12-14-31(33)34/h5-6,9-11,13,15-16,18-21,32H,2-4,7-8,12,14,17,22H2,1H3,(H,33,34). The molecule has 5 nitrogen and oxygen atoms in total. The van der Waals surface area contributed by atoms with Crippen LogP contribution < -0.4 is 4.74 Å². The van der Waals surface area contributed by atoms with Crippen molar-refractivity contribution in [3.63, 3.8) is 0 Å². The second-order valence-corrected chi connectivity index (χ2v) is 9.25. The summed E-state index contributed by atoms with van der Waals surface area (Å²) in [7, 11) is 1.71. The number of hydrogen-bond donors (Lipinski definition) is 2. The first-order chi connectivity index (χ1) is 17.6. The first kappa shape index (κ1) is 25.5. The minimum atomic E-state index is -0.744. The molecule has 0 atom stereocenters. The number of carboxylic acids is 1. The number of benzene rings is 3. The highest BCUT2D eigenvalue weighted by Crippen LogP contribution is 2.29. The van der Waals surface area contributed by atoms with Crippen molar-refractivity contribution in [2.24, 2.45) is 0 Å². The lowest BCUT2D eigenvalue weighted by Gasteiger charge is -2.12. The van der Waals surface area contributed by atoms with E-state index in [9.17, 15) is 4.79 Å². The van der Waals surface area contributed by atoms with Gasteiger partial charge in [0.15, 0.2) is 0 Å². The van der Waals surface area contributed by atoms with E-state index in [1.807, 2.05) is 18.3 Å². The Morgan fingerprint density at radius 3 is 2.47 bits per heavy atom. The van der Waals surface area contributed by atoms with Gasteiger partial charge in [0.2, 0.25) is 0 Å². The van der Waals surface area contributed by atoms with Crippen LogP contribution in [0.4, 0.5) is 0 Å². The third-order valence-corrected chi connectivity index (χ3v) is 6.50. The van der Waals surface area contributed by atoms with Crippen LogP contribution in [0.5, 0.6) is 5.75 Å². The van der Waals surface area contributed by atoms with Gasteiger partial charge in [-0.2, -0.15) is 0 Å². The van der Waals surface area contributed by atoms with Crippen molar-refractivity contribution in [3.8, 4) is 16.9 Å². The molecule has 188 valence electrons. The number of unbranched alkanes of at least 4 members (excludes halogenated alkanes) is 3. The molecule has 0 saturated carbocycles. The molecule has 0 bridgehead atoms. The fourth-order valence-electron chi connectivity index (χ4n) is 4.64. The van der Waals surface area contributed by atoms with Crippen LogP contribution in [0.15, 0.2) is 72.9 Å². The number of H-pyrrole nitrogens is 1. The van der Waals surface area contributed by atoms with Crippen molar-refractivity contribution in [1.29, 1.82) is 0 Å². The summed E-state index contributed by atoms with van der Waals surface area (Å²) >= 11 is 0. The van der Waals surface area contributed by atoms with Gasteiger partial charge in [-0.1, -0.05) is 43.2 Å². The first-order valence-corrected chi connectivity index (χ1v) is 12.7. The number of ether oxygens (including phenoxy) is 2. The number of methoxy groups -OCH3 is 1. The maximum absolute atomic E-state index is 10.9. The minimum Gasteiger partial charge on any atom is -0.494 e. The quantitative estimate of drug-likeness (QED) is 0.186. The summed E-state index contributed by atoms with van der Waals surface area (Å²) in [6.07, 6.45) is 8.06. The van der Waals surface area contributed by atoms with Gasteiger partial charge in [0.25, 0.3) is 0 Å². The molecular formula is C31H35NO4. The predicted molar refractivity (Wildman–Crippen MR) is 145 cm³/mol. The zero-order valence-electron chi connectivity index (χ0n) is 21.0. The second kappa shape index (κ2) is 12.9. The molecule has 36 heavy (non-hydrogen) atoms. The molecule has 5 heteroatoms. The Morgan fingerprint density at radius 2 is 1.67 bits per heavy atom. The van der Waals surface area contributed by atoms with Crippen molar-refractivity contribution in [3.05, 3.63) is 89.6 Å². The Morgan fingerprint density at radius 1 is 0.861 bits per heavy atom. The highest BCUT2D eigenvalue weighted by Gasteiger charge is 2.07. The Bertz CT molecular complexity index is 1280. The largest absolute Gasteiger partial charge is 0.494 e. The van der Waals surface area contributed by atoms with E-state index in [0.717, 1.165) is 65.6 Å². The molecule has 0 unspecified atom stereocenters. The number of aromatic nitrogens is 1. The number of nitrogens with one attached hydrogen (secondary N) is 1. The van der Waals surface area contributed by atoms with Crippen LogP contribution in [-0.4, -0.2) is 29.8 Å². The lowest BCUT2D eigenvalue weighted by molar-refractivity contribution is -0.136. The molecule has 0 saturated heterocycles. The molecule has 0 aliphatic carbocycles. The van der Waals surface area contributed by atoms with E-state index in [1.54, 1.807) is 7.11 Å². The molecule has 4 aromatic rings. The molecule has 0 radical (unpaired) electrons. The Kier molecular flexibility index (Phi) is 9.17. The van der Waals surface area contributed by atoms with Gasteiger partial charge in [-0.25, -0.2) is 0 Å². The number of aryl methyl sites for hydroxylation is 2. The van der Waals surface area contributed by atoms with Gasteiger partial charge in [0.05, 0.1) is 13.2 Å². The molecule has 0 fully saturated rings. The van der Waals surface area contributed by atoms with Crippen LogP contribution in [0.25, 0.3) is 22.0 Å². The van der Waals surface area contributed by atoms with Crippen LogP contribution in [0.2, 0.25) is 0 Å². The van der Waals surface area contributed by atoms with Crippen molar-refractivity contribution in [2.75, 3.05) is 13.7 Å². The van der Waals surface area contributed by atoms with Crippen LogP contribution in [0.3, 0.4) is 0 Å². The summed E-state index contributed by atoms with van der Waals surface area (Å²) in [6.45, 7) is 1.23. The summed E-state index contributed by atoms with van der Waals surface area (Å²) in [6, 6.07) is 23.1. The van der Waals surface area contributed by atoms with Gasteiger partial charge in [-0.05, 0) is 95.3 Å². The van der Waals surface area contributed by atoms with E-state index < -0.39 is 5.97 Å². The molecule has 1 aromatic heterocycles. The highest BCUT2D eigenvalue weighted by atomic mass is 16.5. The minimum absolute atomic E-state index is 0.183. The Balaban J connectivity index is 1.26. The van der Waals surface area contributed by atoms with Crippen molar-refractivity contribution in [2.45, 2.75) is 51.6 Å². The molecule has 1 heterocycles. The fraction of sp³-hybridized carbons (Fsp3) is 0.323. The van der Waals surface area contributed by atoms with E-state index in [-0.39, 0.29) is 6.42 Å². The first-order valence-electron chi connectivity index (χ1n) is 12.7. The monoisotopic (exact) mass is 485 g/mol. The Labute approximate surface area is 213 Å². The maximum atomic E-state index is 10.9. The number of rotatable bonds is 14. The number of aliphatic carboxylic acids is 1. The van der Waals surface area contributed by atoms with Gasteiger partial charge in [-0.3, -0.25) is 4.79 Å². The SMILES string of the molecule is COCc1cc(OCCCCCCc2ccccc2CCC(=O)O)cc(-c2ccc3[nH]ccc3c2)c1. The molecule has 0 aliphatic heterocycles. The third-order valence-electron chi connectivity index (χ3n) is 6.50. The van der Waals surface area contributed by atoms with Crippen molar-refractivity contribution < 1.29 is 19.4 Å². The lowest BCUT2D eigenvalue weighted by Crippen LogP contribution is -2.01. The topological polar surface area (TPSA) is 71.6 Å². The predicted octanol–water partition coefficient (Wildman–Crippen LogP) is 7.18. The molecule has 3 aromatic carbocycles. The summed E-state index contributed by atoms with van der Waals surface area (Å²) in [4.78, 5) is 14.2. The van der Waals surface area contributed by atoms with Crippen molar-refractivity contribution in [1.82, 2.24) is 4.98 Å². The van der Waals surface area contributed by atoms with Gasteiger partial charge in [0.1, 0.15) is 5.75 Å². The zero-order valence-corrected chi connectivity index (χ0v) is 21.0. The second-order valence-electron chi connectivity index (χ2n) is 9.25. The molecular weight excluding hydrogens is 450 g/mol. The highest BCUT2D eigenvalue weighted by molar-refractivity contribution is 5.85. The number of aromatic amines is 1. The zero-order chi connectivity index (χ0) is 25.2.